The fourth-order valence-electron chi connectivity index (χ4n) is 2.68. The van der Waals surface area contributed by atoms with E-state index in [1.54, 1.807) is 0 Å². The van der Waals surface area contributed by atoms with Crippen LogP contribution in [-0.4, -0.2) is 43.3 Å². The van der Waals surface area contributed by atoms with E-state index in [2.05, 4.69) is 10.6 Å². The van der Waals surface area contributed by atoms with Crippen molar-refractivity contribution in [1.29, 1.82) is 0 Å². The van der Waals surface area contributed by atoms with Crippen LogP contribution in [0.1, 0.15) is 18.4 Å². The van der Waals surface area contributed by atoms with Crippen molar-refractivity contribution in [2.24, 2.45) is 0 Å². The average molecular weight is 341 g/mol. The highest BCUT2D eigenvalue weighted by molar-refractivity contribution is 7.92. The van der Waals surface area contributed by atoms with Gasteiger partial charge in [0.2, 0.25) is 5.91 Å². The van der Waals surface area contributed by atoms with Gasteiger partial charge in [-0.25, -0.2) is 8.42 Å². The monoisotopic (exact) mass is 341 g/mol. The molecule has 9 heteroatoms. The van der Waals surface area contributed by atoms with Gasteiger partial charge >= 0.3 is 0 Å². The molecule has 0 aliphatic carbocycles. The molecule has 1 aromatic carbocycles. The molecule has 1 heterocycles. The Labute approximate surface area is 134 Å². The summed E-state index contributed by atoms with van der Waals surface area (Å²) >= 11 is 0. The zero-order chi connectivity index (χ0) is 17.1. The Balaban J connectivity index is 2.09. The first kappa shape index (κ1) is 17.4. The molecule has 8 nitrogen and oxygen atoms in total. The number of rotatable bonds is 5. The lowest BCUT2D eigenvalue weighted by molar-refractivity contribution is -0.384. The predicted octanol–water partition coefficient (Wildman–Crippen LogP) is 0.378. The Morgan fingerprint density at radius 2 is 1.87 bits per heavy atom. The average Bonchev–Trinajstić information content (AvgIpc) is 2.52. The van der Waals surface area contributed by atoms with Crippen molar-refractivity contribution in [2.75, 3.05) is 19.3 Å². The molecule has 2 rings (SSSR count). The van der Waals surface area contributed by atoms with E-state index in [1.807, 2.05) is 0 Å². The second-order valence-corrected chi connectivity index (χ2v) is 7.95. The number of hydrogen-bond acceptors (Lipinski definition) is 6. The number of piperidine rings is 1. The van der Waals surface area contributed by atoms with Gasteiger partial charge < -0.3 is 10.6 Å². The molecular weight excluding hydrogens is 322 g/mol. The summed E-state index contributed by atoms with van der Waals surface area (Å²) in [5, 5.41) is 16.3. The SMILES string of the molecule is CS(=O)(=O)C1(C(=O)NCc2ccc([N+](=O)[O-])cc2)CCNCC1. The zero-order valence-corrected chi connectivity index (χ0v) is 13.6. The maximum atomic E-state index is 12.5. The maximum Gasteiger partial charge on any atom is 0.269 e. The maximum absolute atomic E-state index is 12.5. The summed E-state index contributed by atoms with van der Waals surface area (Å²) in [5.41, 5.74) is 0.632. The number of hydrogen-bond donors (Lipinski definition) is 2. The highest BCUT2D eigenvalue weighted by Gasteiger charge is 2.48. The van der Waals surface area contributed by atoms with Crippen molar-refractivity contribution in [3.05, 3.63) is 39.9 Å². The Morgan fingerprint density at radius 1 is 1.30 bits per heavy atom. The van der Waals surface area contributed by atoms with E-state index in [-0.39, 0.29) is 25.1 Å². The third-order valence-corrected chi connectivity index (χ3v) is 6.15. The van der Waals surface area contributed by atoms with Gasteiger partial charge in [-0.05, 0) is 31.5 Å². The molecule has 1 saturated heterocycles. The van der Waals surface area contributed by atoms with Gasteiger partial charge in [0.15, 0.2) is 14.6 Å². The Bertz CT molecular complexity index is 694. The van der Waals surface area contributed by atoms with Crippen LogP contribution in [0.2, 0.25) is 0 Å². The summed E-state index contributed by atoms with van der Waals surface area (Å²) in [4.78, 5) is 22.6. The highest BCUT2D eigenvalue weighted by atomic mass is 32.2. The molecule has 0 atom stereocenters. The lowest BCUT2D eigenvalue weighted by atomic mass is 9.95. The Morgan fingerprint density at radius 3 is 2.35 bits per heavy atom. The summed E-state index contributed by atoms with van der Waals surface area (Å²) in [6.07, 6.45) is 1.56. The van der Waals surface area contributed by atoms with E-state index in [9.17, 15) is 23.3 Å². The largest absolute Gasteiger partial charge is 0.351 e. The van der Waals surface area contributed by atoms with Crippen molar-refractivity contribution >= 4 is 21.4 Å². The van der Waals surface area contributed by atoms with E-state index in [0.29, 0.717) is 18.7 Å². The minimum Gasteiger partial charge on any atom is -0.351 e. The van der Waals surface area contributed by atoms with Crippen LogP contribution in [0.3, 0.4) is 0 Å². The van der Waals surface area contributed by atoms with Gasteiger partial charge in [0.25, 0.3) is 5.69 Å². The topological polar surface area (TPSA) is 118 Å². The molecular formula is C14H19N3O5S. The number of carbonyl (C=O) groups is 1. The first-order chi connectivity index (χ1) is 10.8. The highest BCUT2D eigenvalue weighted by Crippen LogP contribution is 2.28. The van der Waals surface area contributed by atoms with Crippen LogP contribution in [0.4, 0.5) is 5.69 Å². The number of nitro groups is 1. The molecule has 126 valence electrons. The van der Waals surface area contributed by atoms with E-state index < -0.39 is 25.4 Å². The second-order valence-electron chi connectivity index (χ2n) is 5.62. The van der Waals surface area contributed by atoms with Gasteiger partial charge in [-0.15, -0.1) is 0 Å². The molecule has 0 radical (unpaired) electrons. The van der Waals surface area contributed by atoms with Crippen LogP contribution in [0.15, 0.2) is 24.3 Å². The third-order valence-electron chi connectivity index (χ3n) is 4.14. The van der Waals surface area contributed by atoms with Crippen molar-refractivity contribution in [2.45, 2.75) is 24.1 Å². The third kappa shape index (κ3) is 3.67. The first-order valence-corrected chi connectivity index (χ1v) is 9.07. The van der Waals surface area contributed by atoms with Crippen molar-refractivity contribution in [3.8, 4) is 0 Å². The summed E-state index contributed by atoms with van der Waals surface area (Å²) in [6.45, 7) is 1.07. The van der Waals surface area contributed by atoms with Crippen molar-refractivity contribution in [3.63, 3.8) is 0 Å². The lowest BCUT2D eigenvalue weighted by Crippen LogP contribution is -2.57. The smallest absolute Gasteiger partial charge is 0.269 e. The van der Waals surface area contributed by atoms with Crippen LogP contribution in [0, 0.1) is 10.1 Å². The standard InChI is InChI=1S/C14H19N3O5S/c1-23(21,22)14(6-8-15-9-7-14)13(18)16-10-11-2-4-12(5-3-11)17(19)20/h2-5,15H,6-10H2,1H3,(H,16,18). The summed E-state index contributed by atoms with van der Waals surface area (Å²) in [6, 6.07) is 5.76. The van der Waals surface area contributed by atoms with Crippen LogP contribution >= 0.6 is 0 Å². The van der Waals surface area contributed by atoms with Crippen LogP contribution < -0.4 is 10.6 Å². The lowest BCUT2D eigenvalue weighted by Gasteiger charge is -2.34. The Kier molecular flexibility index (Phi) is 5.00. The molecule has 1 aliphatic heterocycles. The van der Waals surface area contributed by atoms with Crippen LogP contribution in [0.25, 0.3) is 0 Å². The number of benzene rings is 1. The molecule has 1 aromatic rings. The zero-order valence-electron chi connectivity index (χ0n) is 12.7. The minimum atomic E-state index is -3.55. The predicted molar refractivity (Wildman–Crippen MR) is 84.6 cm³/mol. The number of sulfone groups is 1. The molecule has 1 aliphatic rings. The van der Waals surface area contributed by atoms with Gasteiger partial charge in [-0.3, -0.25) is 14.9 Å². The molecule has 0 unspecified atom stereocenters. The minimum absolute atomic E-state index is 0.0361. The molecule has 23 heavy (non-hydrogen) atoms. The number of amides is 1. The van der Waals surface area contributed by atoms with Gasteiger partial charge in [0.1, 0.15) is 0 Å². The van der Waals surface area contributed by atoms with Gasteiger partial charge in [-0.2, -0.15) is 0 Å². The number of nitro benzene ring substituents is 1. The molecule has 0 saturated carbocycles. The fraction of sp³-hybridized carbons (Fsp3) is 0.500. The number of nitrogens with zero attached hydrogens (tertiary/aromatic N) is 1. The van der Waals surface area contributed by atoms with E-state index in [1.165, 1.54) is 24.3 Å². The Hall–Kier alpha value is -2.00. The number of non-ortho nitro benzene ring substituents is 1. The van der Waals surface area contributed by atoms with Gasteiger partial charge in [0.05, 0.1) is 4.92 Å². The van der Waals surface area contributed by atoms with Gasteiger partial charge in [-0.1, -0.05) is 12.1 Å². The quantitative estimate of drug-likeness (QED) is 0.590. The van der Waals surface area contributed by atoms with Gasteiger partial charge in [0, 0.05) is 24.9 Å². The number of nitrogens with one attached hydrogen (secondary N) is 2. The molecule has 0 spiro atoms. The first-order valence-electron chi connectivity index (χ1n) is 7.18. The van der Waals surface area contributed by atoms with E-state index in [4.69, 9.17) is 0 Å². The molecule has 2 N–H and O–H groups in total. The number of carbonyl (C=O) groups excluding carboxylic acids is 1. The van der Waals surface area contributed by atoms with Crippen LogP contribution in [-0.2, 0) is 21.2 Å². The molecule has 1 amide bonds. The normalized spacial score (nSPS) is 17.4. The molecule has 1 fully saturated rings. The van der Waals surface area contributed by atoms with E-state index in [0.717, 1.165) is 6.26 Å². The second kappa shape index (κ2) is 6.63. The fourth-order valence-corrected chi connectivity index (χ4v) is 4.03. The molecule has 0 bridgehead atoms. The summed E-state index contributed by atoms with van der Waals surface area (Å²) in [5.74, 6) is -0.514. The van der Waals surface area contributed by atoms with E-state index >= 15 is 0 Å². The molecule has 0 aromatic heterocycles. The summed E-state index contributed by atoms with van der Waals surface area (Å²) in [7, 11) is -3.55. The van der Waals surface area contributed by atoms with Crippen molar-refractivity contribution in [1.82, 2.24) is 10.6 Å². The van der Waals surface area contributed by atoms with Crippen LogP contribution in [0.5, 0.6) is 0 Å². The van der Waals surface area contributed by atoms with Crippen molar-refractivity contribution < 1.29 is 18.1 Å². The summed E-state index contributed by atoms with van der Waals surface area (Å²) < 4.78 is 22.8.